The Kier molecular flexibility index (Phi) is 8.87. The summed E-state index contributed by atoms with van der Waals surface area (Å²) in [4.78, 5) is 2.68. The number of ether oxygens (including phenoxy) is 3. The van der Waals surface area contributed by atoms with Crippen LogP contribution in [0.25, 0.3) is 0 Å². The normalized spacial score (nSPS) is 24.0. The SMILES string of the molecule is COCCCNC(=S)N[C@@H]1CC[C@@]2(c3ccc(OC)c(OC)c3)CCN(Cc3ccccc3)[C@H]2C1. The van der Waals surface area contributed by atoms with Crippen molar-refractivity contribution in [1.82, 2.24) is 15.5 Å². The van der Waals surface area contributed by atoms with Crippen molar-refractivity contribution < 1.29 is 14.2 Å². The van der Waals surface area contributed by atoms with Crippen molar-refractivity contribution in [3.05, 3.63) is 59.7 Å². The van der Waals surface area contributed by atoms with E-state index in [2.05, 4.69) is 64.1 Å². The second-order valence-corrected chi connectivity index (χ2v) is 10.1. The number of likely N-dealkylation sites (tertiary alicyclic amines) is 1. The molecular formula is C28H39N3O3S. The molecule has 1 saturated carbocycles. The maximum Gasteiger partial charge on any atom is 0.166 e. The van der Waals surface area contributed by atoms with Gasteiger partial charge in [0.1, 0.15) is 0 Å². The van der Waals surface area contributed by atoms with E-state index in [1.807, 2.05) is 0 Å². The van der Waals surface area contributed by atoms with E-state index in [4.69, 9.17) is 26.4 Å². The van der Waals surface area contributed by atoms with E-state index < -0.39 is 0 Å². The Morgan fingerprint density at radius 3 is 2.60 bits per heavy atom. The van der Waals surface area contributed by atoms with Crippen molar-refractivity contribution in [3.63, 3.8) is 0 Å². The van der Waals surface area contributed by atoms with Gasteiger partial charge in [0, 0.05) is 44.3 Å². The lowest BCUT2D eigenvalue weighted by molar-refractivity contribution is 0.134. The first kappa shape index (κ1) is 25.7. The van der Waals surface area contributed by atoms with Crippen LogP contribution in [0.5, 0.6) is 11.5 Å². The standard InChI is InChI=1S/C28H39N3O3S/c1-32-17-7-15-29-27(35)30-23-12-13-28(22-10-11-24(33-2)25(18-22)34-3)14-16-31(26(28)19-23)20-21-8-5-4-6-9-21/h4-6,8-11,18,23,26H,7,12-17,19-20H2,1-3H3,(H2,29,30,35)/t23-,26+,28+/m1/s1. The zero-order chi connectivity index (χ0) is 24.7. The van der Waals surface area contributed by atoms with Crippen molar-refractivity contribution in [2.24, 2.45) is 0 Å². The van der Waals surface area contributed by atoms with Crippen LogP contribution in [-0.2, 0) is 16.7 Å². The lowest BCUT2D eigenvalue weighted by Gasteiger charge is -2.46. The van der Waals surface area contributed by atoms with Crippen LogP contribution in [0.4, 0.5) is 0 Å². The molecule has 190 valence electrons. The fraction of sp³-hybridized carbons (Fsp3) is 0.536. The van der Waals surface area contributed by atoms with Crippen LogP contribution in [0.1, 0.15) is 43.2 Å². The van der Waals surface area contributed by atoms with E-state index in [0.717, 1.165) is 75.0 Å². The summed E-state index contributed by atoms with van der Waals surface area (Å²) in [5.41, 5.74) is 2.82. The molecule has 1 saturated heterocycles. The number of nitrogens with zero attached hydrogens (tertiary/aromatic N) is 1. The van der Waals surface area contributed by atoms with Gasteiger partial charge >= 0.3 is 0 Å². The lowest BCUT2D eigenvalue weighted by atomic mass is 9.65. The molecule has 0 bridgehead atoms. The van der Waals surface area contributed by atoms with Gasteiger partial charge in [-0.25, -0.2) is 0 Å². The zero-order valence-electron chi connectivity index (χ0n) is 21.2. The Balaban J connectivity index is 1.54. The molecule has 1 aliphatic heterocycles. The molecule has 2 aromatic rings. The third-order valence-electron chi connectivity index (χ3n) is 7.70. The number of rotatable bonds is 10. The van der Waals surface area contributed by atoms with Gasteiger partial charge in [0.2, 0.25) is 0 Å². The summed E-state index contributed by atoms with van der Waals surface area (Å²) >= 11 is 5.61. The molecule has 1 heterocycles. The monoisotopic (exact) mass is 497 g/mol. The number of methoxy groups -OCH3 is 3. The molecule has 2 fully saturated rings. The molecule has 35 heavy (non-hydrogen) atoms. The van der Waals surface area contributed by atoms with Crippen molar-refractivity contribution >= 4 is 17.3 Å². The molecule has 4 rings (SSSR count). The maximum atomic E-state index is 5.68. The predicted octanol–water partition coefficient (Wildman–Crippen LogP) is 4.27. The van der Waals surface area contributed by atoms with E-state index in [-0.39, 0.29) is 5.41 Å². The number of fused-ring (bicyclic) bond motifs is 1. The average Bonchev–Trinajstić information content (AvgIpc) is 3.25. The molecule has 0 unspecified atom stereocenters. The number of hydrogen-bond acceptors (Lipinski definition) is 5. The topological polar surface area (TPSA) is 55.0 Å². The number of hydrogen-bond donors (Lipinski definition) is 2. The molecule has 0 radical (unpaired) electrons. The van der Waals surface area contributed by atoms with Crippen LogP contribution in [-0.4, -0.2) is 63.1 Å². The van der Waals surface area contributed by atoms with Crippen LogP contribution < -0.4 is 20.1 Å². The Morgan fingerprint density at radius 2 is 1.86 bits per heavy atom. The first-order chi connectivity index (χ1) is 17.1. The summed E-state index contributed by atoms with van der Waals surface area (Å²) in [5, 5.41) is 7.70. The van der Waals surface area contributed by atoms with Crippen LogP contribution in [0.2, 0.25) is 0 Å². The largest absolute Gasteiger partial charge is 0.493 e. The molecule has 2 N–H and O–H groups in total. The maximum absolute atomic E-state index is 5.68. The minimum absolute atomic E-state index is 0.0972. The number of thiocarbonyl (C=S) groups is 1. The van der Waals surface area contributed by atoms with Crippen LogP contribution >= 0.6 is 12.2 Å². The Bertz CT molecular complexity index is 973. The molecule has 0 amide bonds. The van der Waals surface area contributed by atoms with E-state index in [9.17, 15) is 0 Å². The van der Waals surface area contributed by atoms with Gasteiger partial charge in [-0.15, -0.1) is 0 Å². The van der Waals surface area contributed by atoms with Gasteiger partial charge in [-0.05, 0) is 74.1 Å². The summed E-state index contributed by atoms with van der Waals surface area (Å²) in [6.45, 7) is 3.61. The first-order valence-electron chi connectivity index (χ1n) is 12.6. The third-order valence-corrected chi connectivity index (χ3v) is 7.97. The van der Waals surface area contributed by atoms with E-state index in [0.29, 0.717) is 12.1 Å². The van der Waals surface area contributed by atoms with E-state index in [1.54, 1.807) is 21.3 Å². The van der Waals surface area contributed by atoms with Crippen molar-refractivity contribution in [2.75, 3.05) is 41.0 Å². The van der Waals surface area contributed by atoms with Gasteiger partial charge in [-0.2, -0.15) is 0 Å². The van der Waals surface area contributed by atoms with Crippen molar-refractivity contribution in [3.8, 4) is 11.5 Å². The number of nitrogens with one attached hydrogen (secondary N) is 2. The minimum atomic E-state index is 0.0972. The Morgan fingerprint density at radius 1 is 1.06 bits per heavy atom. The summed E-state index contributed by atoms with van der Waals surface area (Å²) in [6, 6.07) is 18.1. The molecule has 2 aliphatic rings. The highest BCUT2D eigenvalue weighted by molar-refractivity contribution is 7.80. The highest BCUT2D eigenvalue weighted by Crippen LogP contribution is 2.50. The van der Waals surface area contributed by atoms with Crippen LogP contribution in [0.3, 0.4) is 0 Å². The van der Waals surface area contributed by atoms with Crippen molar-refractivity contribution in [2.45, 2.75) is 56.1 Å². The fourth-order valence-corrected chi connectivity index (χ4v) is 6.19. The Hall–Kier alpha value is -2.35. The van der Waals surface area contributed by atoms with E-state index >= 15 is 0 Å². The lowest BCUT2D eigenvalue weighted by Crippen LogP contribution is -2.53. The zero-order valence-corrected chi connectivity index (χ0v) is 22.0. The average molecular weight is 498 g/mol. The molecule has 0 spiro atoms. The van der Waals surface area contributed by atoms with Gasteiger partial charge < -0.3 is 24.8 Å². The predicted molar refractivity (Wildman–Crippen MR) is 144 cm³/mol. The first-order valence-corrected chi connectivity index (χ1v) is 13.0. The number of benzene rings is 2. The van der Waals surface area contributed by atoms with Crippen LogP contribution in [0, 0.1) is 0 Å². The van der Waals surface area contributed by atoms with Gasteiger partial charge in [-0.1, -0.05) is 36.4 Å². The van der Waals surface area contributed by atoms with Crippen LogP contribution in [0.15, 0.2) is 48.5 Å². The summed E-state index contributed by atoms with van der Waals surface area (Å²) < 4.78 is 16.3. The second-order valence-electron chi connectivity index (χ2n) is 9.67. The minimum Gasteiger partial charge on any atom is -0.493 e. The van der Waals surface area contributed by atoms with Gasteiger partial charge in [0.05, 0.1) is 14.2 Å². The second kappa shape index (κ2) is 12.1. The Labute approximate surface area is 215 Å². The smallest absolute Gasteiger partial charge is 0.166 e. The molecule has 3 atom stereocenters. The highest BCUT2D eigenvalue weighted by atomic mass is 32.1. The summed E-state index contributed by atoms with van der Waals surface area (Å²) in [7, 11) is 5.14. The molecule has 1 aliphatic carbocycles. The highest BCUT2D eigenvalue weighted by Gasteiger charge is 2.51. The third kappa shape index (κ3) is 5.90. The summed E-state index contributed by atoms with van der Waals surface area (Å²) in [6.07, 6.45) is 5.35. The molecule has 6 nitrogen and oxygen atoms in total. The van der Waals surface area contributed by atoms with Crippen molar-refractivity contribution in [1.29, 1.82) is 0 Å². The summed E-state index contributed by atoms with van der Waals surface area (Å²) in [5.74, 6) is 1.59. The molecule has 0 aromatic heterocycles. The fourth-order valence-electron chi connectivity index (χ4n) is 5.92. The van der Waals surface area contributed by atoms with Gasteiger partial charge in [0.15, 0.2) is 16.6 Å². The molecule has 7 heteroatoms. The van der Waals surface area contributed by atoms with E-state index in [1.165, 1.54) is 11.1 Å². The quantitative estimate of drug-likeness (QED) is 0.376. The molecular weight excluding hydrogens is 458 g/mol. The van der Waals surface area contributed by atoms with Gasteiger partial charge in [0.25, 0.3) is 0 Å². The van der Waals surface area contributed by atoms with Gasteiger partial charge in [-0.3, -0.25) is 4.90 Å². The molecule has 2 aromatic carbocycles.